The number of phenolic OH excluding ortho intramolecular Hbond substituents is 2. The second-order valence-corrected chi connectivity index (χ2v) is 34.5. The average Bonchev–Trinajstić information content (AvgIpc) is 0.723. The second-order valence-electron chi connectivity index (χ2n) is 34.5. The fourth-order valence-corrected chi connectivity index (χ4v) is 14.6. The highest BCUT2D eigenvalue weighted by molar-refractivity contribution is 5.77. The van der Waals surface area contributed by atoms with E-state index in [1.165, 1.54) is 107 Å². The summed E-state index contributed by atoms with van der Waals surface area (Å²) < 4.78 is 51.0. The molecule has 0 radical (unpaired) electrons. The van der Waals surface area contributed by atoms with Gasteiger partial charge < -0.3 is 52.8 Å². The van der Waals surface area contributed by atoms with E-state index in [2.05, 4.69) is 74.4 Å². The molecule has 1 aromatic heterocycles. The molecule has 5 fully saturated rings. The number of nitrogens with zero attached hydrogens (tertiary/aromatic N) is 3. The van der Waals surface area contributed by atoms with E-state index in [-0.39, 0.29) is 67.6 Å². The molecule has 5 aliphatic rings. The fourth-order valence-electron chi connectivity index (χ4n) is 14.6. The molecule has 4 bridgehead atoms. The molecule has 5 saturated carbocycles. The van der Waals surface area contributed by atoms with Crippen LogP contribution in [0.5, 0.6) is 17.2 Å². The number of aromatic nitrogens is 3. The van der Waals surface area contributed by atoms with E-state index in [1.807, 2.05) is 93.5 Å². The number of benzene rings is 3. The Labute approximate surface area is 672 Å². The molecule has 636 valence electrons. The molecule has 4 aromatic rings. The predicted octanol–water partition coefficient (Wildman–Crippen LogP) is 19.3. The summed E-state index contributed by atoms with van der Waals surface area (Å²) >= 11 is 0. The van der Waals surface area contributed by atoms with Gasteiger partial charge in [0.25, 0.3) is 0 Å². The number of phenols is 2. The maximum Gasteiger partial charge on any atom is 0.340 e. The van der Waals surface area contributed by atoms with Crippen LogP contribution in [0, 0.1) is 57.7 Å². The van der Waals surface area contributed by atoms with Gasteiger partial charge in [-0.15, -0.1) is 0 Å². The molecular formula is C91H149N3O18. The van der Waals surface area contributed by atoms with Crippen LogP contribution in [0.2, 0.25) is 0 Å². The van der Waals surface area contributed by atoms with Gasteiger partial charge in [0.2, 0.25) is 0 Å². The minimum atomic E-state index is -0.838. The van der Waals surface area contributed by atoms with Crippen molar-refractivity contribution in [3.63, 3.8) is 0 Å². The number of methoxy groups -OCH3 is 3. The quantitative estimate of drug-likeness (QED) is 0.0188. The summed E-state index contributed by atoms with van der Waals surface area (Å²) in [5.41, 5.74) is 1.62. The van der Waals surface area contributed by atoms with Gasteiger partial charge in [-0.25, -0.2) is 28.1 Å². The van der Waals surface area contributed by atoms with Crippen LogP contribution in [0.3, 0.4) is 0 Å². The number of ether oxygens (including phenoxy) is 9. The molecule has 5 aliphatic carbocycles. The number of hydrogen-bond acceptors (Lipinski definition) is 18. The van der Waals surface area contributed by atoms with Crippen LogP contribution in [0.25, 0.3) is 0 Å². The van der Waals surface area contributed by atoms with Crippen LogP contribution in [-0.2, 0) is 90.1 Å². The van der Waals surface area contributed by atoms with Gasteiger partial charge in [0.05, 0.1) is 41.4 Å². The lowest BCUT2D eigenvalue weighted by molar-refractivity contribution is -0.212. The first-order valence-electron chi connectivity index (χ1n) is 41.9. The first-order valence-corrected chi connectivity index (χ1v) is 41.9. The Kier molecular flexibility index (Phi) is 42.5. The number of aryl methyl sites for hydroxylation is 2. The van der Waals surface area contributed by atoms with Crippen LogP contribution >= 0.6 is 0 Å². The van der Waals surface area contributed by atoms with Crippen molar-refractivity contribution in [2.24, 2.45) is 50.7 Å². The molecule has 3 aromatic carbocycles. The standard InChI is InChI=1S/C20H32O4.C20H34O2.C16H30O3.C15H25N3O7.2C10H14O/c1-7-9-16-12-15(3)13-17(14-22-6)18(16)23-10-11-24-19(21)20(4,5)8-2;1-6-18(3,4)17(21)22-19(5,7-2)20-11-14-8-15(12-20)10-16(9-14)13-20;1-5-16(3,4)15(17)19-13(2)18-12-11-14-9-7-6-8-10-14;1-6-15(2,3)11(19)25-8-7-16-12(20)17(9-23-4)14(22)18(10-24-5)13(16)21;2*1-3-8(2)9-4-6-10(11)7-5-9/h12-13H,7-11,14H2,1-6H3;14-16H,6-13H2,1-5H3;13-14H,5-12H2,1-4H3;6-10H2,1-5H3;2*4-8,11H,3H2,1-2H3. The molecule has 112 heavy (non-hydrogen) atoms. The van der Waals surface area contributed by atoms with Gasteiger partial charge in [0, 0.05) is 32.3 Å². The van der Waals surface area contributed by atoms with Crippen molar-refractivity contribution < 1.29 is 72.0 Å². The van der Waals surface area contributed by atoms with E-state index in [4.69, 9.17) is 52.8 Å². The molecular weight excluding hydrogens is 1420 g/mol. The normalized spacial score (nSPS) is 18.6. The molecule has 4 atom stereocenters. The van der Waals surface area contributed by atoms with Gasteiger partial charge in [-0.2, -0.15) is 0 Å². The van der Waals surface area contributed by atoms with Crippen molar-refractivity contribution in [2.45, 2.75) is 331 Å². The second kappa shape index (κ2) is 47.9. The first-order chi connectivity index (χ1) is 52.7. The highest BCUT2D eigenvalue weighted by Crippen LogP contribution is 2.65. The number of hydrogen-bond donors (Lipinski definition) is 2. The summed E-state index contributed by atoms with van der Waals surface area (Å²) in [4.78, 5) is 85.4. The monoisotopic (exact) mass is 1570 g/mol. The van der Waals surface area contributed by atoms with Crippen molar-refractivity contribution in [3.8, 4) is 17.2 Å². The van der Waals surface area contributed by atoms with Gasteiger partial charge >= 0.3 is 40.9 Å². The minimum Gasteiger partial charge on any atom is -0.508 e. The topological polar surface area (TPSA) is 258 Å². The number of aromatic hydroxyl groups is 2. The van der Waals surface area contributed by atoms with Crippen molar-refractivity contribution in [2.75, 3.05) is 47.8 Å². The number of carbonyl (C=O) groups excluding carboxylic acids is 4. The highest BCUT2D eigenvalue weighted by Gasteiger charge is 2.60. The summed E-state index contributed by atoms with van der Waals surface area (Å²) in [6, 6.07) is 19.1. The summed E-state index contributed by atoms with van der Waals surface area (Å²) in [5, 5.41) is 18.0. The maximum atomic E-state index is 12.7. The lowest BCUT2D eigenvalue weighted by Gasteiger charge is -2.62. The van der Waals surface area contributed by atoms with Gasteiger partial charge in [-0.1, -0.05) is 150 Å². The van der Waals surface area contributed by atoms with E-state index in [0.29, 0.717) is 49.6 Å². The van der Waals surface area contributed by atoms with Crippen molar-refractivity contribution >= 4 is 23.9 Å². The first kappa shape index (κ1) is 99.4. The molecule has 9 rings (SSSR count). The zero-order chi connectivity index (χ0) is 84.4. The van der Waals surface area contributed by atoms with Crippen LogP contribution < -0.4 is 21.8 Å². The van der Waals surface area contributed by atoms with Crippen LogP contribution in [0.1, 0.15) is 307 Å². The zero-order valence-corrected chi connectivity index (χ0v) is 73.6. The number of carbonyl (C=O) groups is 4. The third kappa shape index (κ3) is 30.4. The van der Waals surface area contributed by atoms with Gasteiger partial charge in [-0.05, 0) is 249 Å². The molecule has 0 saturated heterocycles. The van der Waals surface area contributed by atoms with Crippen LogP contribution in [-0.4, -0.2) is 107 Å². The minimum absolute atomic E-state index is 0.00935. The van der Waals surface area contributed by atoms with Gasteiger partial charge in [-0.3, -0.25) is 19.2 Å². The van der Waals surface area contributed by atoms with E-state index >= 15 is 0 Å². The molecule has 2 N–H and O–H groups in total. The lowest BCUT2D eigenvalue weighted by atomic mass is 9.45. The lowest BCUT2D eigenvalue weighted by Crippen LogP contribution is -2.59. The molecule has 21 nitrogen and oxygen atoms in total. The summed E-state index contributed by atoms with van der Waals surface area (Å²) in [7, 11) is 4.31. The number of esters is 4. The third-order valence-electron chi connectivity index (χ3n) is 24.1. The van der Waals surface area contributed by atoms with Crippen molar-refractivity contribution in [1.82, 2.24) is 13.7 Å². The van der Waals surface area contributed by atoms with Crippen molar-refractivity contribution in [3.05, 3.63) is 120 Å². The van der Waals surface area contributed by atoms with Crippen LogP contribution in [0.15, 0.2) is 75.0 Å². The smallest absolute Gasteiger partial charge is 0.340 e. The molecule has 0 amide bonds. The Bertz CT molecular complexity index is 3480. The molecule has 0 aliphatic heterocycles. The van der Waals surface area contributed by atoms with E-state index < -0.39 is 45.6 Å². The van der Waals surface area contributed by atoms with E-state index in [0.717, 1.165) is 106 Å². The number of rotatable bonds is 35. The fraction of sp³-hybridized carbons (Fsp3) is 0.725. The summed E-state index contributed by atoms with van der Waals surface area (Å²) in [5.74, 6) is 5.49. The van der Waals surface area contributed by atoms with Crippen LogP contribution in [0.4, 0.5) is 0 Å². The Morgan fingerprint density at radius 1 is 0.518 bits per heavy atom. The third-order valence-corrected chi connectivity index (χ3v) is 24.1. The SMILES string of the molecule is CCC(C)(C)C(=O)OC(C)(CC)C12CC3CC(CC(C3)C1)C2.CCC(C)(C)C(=O)OC(C)OCCC1CCCCC1.CCC(C)(C)C(=O)OCCn1c(=O)n(COC)c(=O)n(COC)c1=O.CCC(C)c1ccc(O)cc1.CCC(C)c1ccc(O)cc1.CCCc1cc(C)cc(COC)c1OCCOC(=O)C(C)(C)CC. The van der Waals surface area contributed by atoms with Gasteiger partial charge in [0.15, 0.2) is 6.29 Å². The maximum absolute atomic E-state index is 12.7. The highest BCUT2D eigenvalue weighted by atomic mass is 16.7. The molecule has 21 heteroatoms. The Morgan fingerprint density at radius 2 is 0.938 bits per heavy atom. The Balaban J connectivity index is 0.000000356. The summed E-state index contributed by atoms with van der Waals surface area (Å²) in [6.45, 7) is 43.1. The zero-order valence-electron chi connectivity index (χ0n) is 73.6. The average molecular weight is 1570 g/mol. The predicted molar refractivity (Wildman–Crippen MR) is 445 cm³/mol. The largest absolute Gasteiger partial charge is 0.508 e. The van der Waals surface area contributed by atoms with E-state index in [9.17, 15) is 33.6 Å². The molecule has 1 heterocycles. The molecule has 4 unspecified atom stereocenters. The Morgan fingerprint density at radius 3 is 1.35 bits per heavy atom. The van der Waals surface area contributed by atoms with E-state index in [1.54, 1.807) is 45.2 Å². The summed E-state index contributed by atoms with van der Waals surface area (Å²) in [6.07, 6.45) is 23.8. The van der Waals surface area contributed by atoms with Gasteiger partial charge in [0.1, 0.15) is 56.1 Å². The Hall–Kier alpha value is -6.81. The molecule has 0 spiro atoms. The van der Waals surface area contributed by atoms with Crippen molar-refractivity contribution in [1.29, 1.82) is 0 Å².